The van der Waals surface area contributed by atoms with Crippen molar-refractivity contribution < 1.29 is 4.74 Å². The fraction of sp³-hybridized carbons (Fsp3) is 0.389. The molecule has 0 saturated carbocycles. The molecule has 0 atom stereocenters. The molecule has 0 aliphatic carbocycles. The van der Waals surface area contributed by atoms with Crippen LogP contribution in [0, 0.1) is 0 Å². The summed E-state index contributed by atoms with van der Waals surface area (Å²) in [4.78, 5) is 4.44. The molecule has 0 unspecified atom stereocenters. The van der Waals surface area contributed by atoms with Crippen molar-refractivity contribution in [3.63, 3.8) is 0 Å². The molecule has 1 aliphatic heterocycles. The highest BCUT2D eigenvalue weighted by atomic mass is 16.5. The van der Waals surface area contributed by atoms with E-state index in [0.29, 0.717) is 0 Å². The third kappa shape index (κ3) is 3.40. The Labute approximate surface area is 136 Å². The molecule has 0 amide bonds. The number of nitrogen functional groups attached to an aromatic ring is 1. The van der Waals surface area contributed by atoms with Gasteiger partial charge in [0, 0.05) is 12.0 Å². The lowest BCUT2D eigenvalue weighted by Gasteiger charge is -2.40. The lowest BCUT2D eigenvalue weighted by atomic mass is 9.86. The molecule has 23 heavy (non-hydrogen) atoms. The van der Waals surface area contributed by atoms with Crippen LogP contribution in [0.4, 0.5) is 5.95 Å². The van der Waals surface area contributed by atoms with Gasteiger partial charge >= 0.3 is 0 Å². The van der Waals surface area contributed by atoms with Crippen LogP contribution in [0.2, 0.25) is 0 Å². The number of rotatable bonds is 2. The smallest absolute Gasteiger partial charge is 0.240 e. The Morgan fingerprint density at radius 3 is 2.35 bits per heavy atom. The first-order valence-corrected chi connectivity index (χ1v) is 7.74. The number of nitrogens with two attached hydrogens (primary N) is 1. The van der Waals surface area contributed by atoms with E-state index in [-0.39, 0.29) is 17.2 Å². The summed E-state index contributed by atoms with van der Waals surface area (Å²) in [5.74, 6) is 0.179. The van der Waals surface area contributed by atoms with Crippen molar-refractivity contribution in [2.45, 2.75) is 45.3 Å². The van der Waals surface area contributed by atoms with Gasteiger partial charge in [-0.05, 0) is 39.3 Å². The van der Waals surface area contributed by atoms with Gasteiger partial charge in [0.2, 0.25) is 5.95 Å². The second-order valence-electron chi connectivity index (χ2n) is 7.04. The van der Waals surface area contributed by atoms with E-state index in [1.165, 1.54) is 0 Å². The SMILES string of the molecule is CC1(C)C=C(c2nnc(N)nc2-c2ccccc2)CC(C)(C)O1. The molecule has 120 valence electrons. The van der Waals surface area contributed by atoms with Gasteiger partial charge in [-0.1, -0.05) is 30.3 Å². The second-order valence-corrected chi connectivity index (χ2v) is 7.04. The highest BCUT2D eigenvalue weighted by Gasteiger charge is 2.35. The van der Waals surface area contributed by atoms with E-state index in [9.17, 15) is 0 Å². The Balaban J connectivity index is 2.16. The van der Waals surface area contributed by atoms with Crippen LogP contribution in [0.15, 0.2) is 36.4 Å². The lowest BCUT2D eigenvalue weighted by molar-refractivity contribution is -0.100. The molecular formula is C18H22N4O. The average Bonchev–Trinajstić information content (AvgIpc) is 2.45. The van der Waals surface area contributed by atoms with Crippen molar-refractivity contribution in [3.05, 3.63) is 42.1 Å². The maximum absolute atomic E-state index is 6.11. The van der Waals surface area contributed by atoms with Gasteiger partial charge in [-0.15, -0.1) is 10.2 Å². The number of ether oxygens (including phenoxy) is 1. The molecule has 2 aromatic rings. The molecule has 3 rings (SSSR count). The van der Waals surface area contributed by atoms with Gasteiger partial charge in [0.05, 0.1) is 11.2 Å². The van der Waals surface area contributed by atoms with Crippen LogP contribution in [0.3, 0.4) is 0 Å². The summed E-state index contributed by atoms with van der Waals surface area (Å²) < 4.78 is 6.11. The summed E-state index contributed by atoms with van der Waals surface area (Å²) in [5.41, 5.74) is 8.73. The standard InChI is InChI=1S/C18H22N4O/c1-17(2)10-13(11-18(3,4)23-17)15-14(20-16(19)22-21-15)12-8-6-5-7-9-12/h5-10H,11H2,1-4H3,(H2,19,20,22). The zero-order chi connectivity index (χ0) is 16.7. The summed E-state index contributed by atoms with van der Waals surface area (Å²) in [6, 6.07) is 9.93. The average molecular weight is 310 g/mol. The van der Waals surface area contributed by atoms with Gasteiger partial charge in [-0.3, -0.25) is 0 Å². The van der Waals surface area contributed by atoms with Crippen LogP contribution in [0.25, 0.3) is 16.8 Å². The van der Waals surface area contributed by atoms with Crippen LogP contribution in [0.5, 0.6) is 0 Å². The highest BCUT2D eigenvalue weighted by Crippen LogP contribution is 2.39. The number of nitrogens with zero attached hydrogens (tertiary/aromatic N) is 3. The summed E-state index contributed by atoms with van der Waals surface area (Å²) in [5, 5.41) is 8.32. The van der Waals surface area contributed by atoms with E-state index in [4.69, 9.17) is 10.5 Å². The van der Waals surface area contributed by atoms with Crippen LogP contribution in [-0.2, 0) is 4.74 Å². The number of hydrogen-bond donors (Lipinski definition) is 1. The summed E-state index contributed by atoms with van der Waals surface area (Å²) in [7, 11) is 0. The van der Waals surface area contributed by atoms with Crippen LogP contribution in [-0.4, -0.2) is 26.4 Å². The summed E-state index contributed by atoms with van der Waals surface area (Å²) >= 11 is 0. The maximum atomic E-state index is 6.11. The van der Waals surface area contributed by atoms with Crippen molar-refractivity contribution in [3.8, 4) is 11.3 Å². The molecule has 1 aromatic heterocycles. The first-order chi connectivity index (χ1) is 10.8. The van der Waals surface area contributed by atoms with Crippen LogP contribution in [0.1, 0.15) is 39.8 Å². The topological polar surface area (TPSA) is 73.9 Å². The van der Waals surface area contributed by atoms with Crippen molar-refractivity contribution in [2.24, 2.45) is 0 Å². The Bertz CT molecular complexity index is 751. The van der Waals surface area contributed by atoms with Gasteiger partial charge in [-0.25, -0.2) is 4.98 Å². The van der Waals surface area contributed by atoms with Crippen molar-refractivity contribution in [1.82, 2.24) is 15.2 Å². The molecule has 0 bridgehead atoms. The van der Waals surface area contributed by atoms with E-state index in [1.807, 2.05) is 44.2 Å². The molecule has 5 heteroatoms. The van der Waals surface area contributed by atoms with Gasteiger partial charge in [0.1, 0.15) is 11.4 Å². The number of benzene rings is 1. The molecule has 2 heterocycles. The van der Waals surface area contributed by atoms with E-state index < -0.39 is 0 Å². The molecule has 5 nitrogen and oxygen atoms in total. The van der Waals surface area contributed by atoms with Crippen molar-refractivity contribution in [1.29, 1.82) is 0 Å². The summed E-state index contributed by atoms with van der Waals surface area (Å²) in [6.07, 6.45) is 2.85. The number of hydrogen-bond acceptors (Lipinski definition) is 5. The predicted molar refractivity (Wildman–Crippen MR) is 91.5 cm³/mol. The fourth-order valence-electron chi connectivity index (χ4n) is 3.21. The zero-order valence-electron chi connectivity index (χ0n) is 14.0. The van der Waals surface area contributed by atoms with Gasteiger partial charge in [0.15, 0.2) is 0 Å². The minimum absolute atomic E-state index is 0.179. The lowest BCUT2D eigenvalue weighted by Crippen LogP contribution is -2.39. The quantitative estimate of drug-likeness (QED) is 0.919. The molecule has 1 aliphatic rings. The largest absolute Gasteiger partial charge is 0.366 e. The highest BCUT2D eigenvalue weighted by molar-refractivity contribution is 5.78. The van der Waals surface area contributed by atoms with Gasteiger partial charge < -0.3 is 10.5 Å². The monoisotopic (exact) mass is 310 g/mol. The third-order valence-electron chi connectivity index (χ3n) is 3.73. The second kappa shape index (κ2) is 5.42. The number of aromatic nitrogens is 3. The minimum atomic E-state index is -0.367. The van der Waals surface area contributed by atoms with Gasteiger partial charge in [0.25, 0.3) is 0 Å². The Morgan fingerprint density at radius 2 is 1.70 bits per heavy atom. The van der Waals surface area contributed by atoms with Crippen LogP contribution < -0.4 is 5.73 Å². The van der Waals surface area contributed by atoms with E-state index in [0.717, 1.165) is 28.9 Å². The first-order valence-electron chi connectivity index (χ1n) is 7.74. The Kier molecular flexibility index (Phi) is 3.68. The molecule has 0 spiro atoms. The van der Waals surface area contributed by atoms with Crippen molar-refractivity contribution in [2.75, 3.05) is 5.73 Å². The third-order valence-corrected chi connectivity index (χ3v) is 3.73. The Hall–Kier alpha value is -2.27. The fourth-order valence-corrected chi connectivity index (χ4v) is 3.21. The predicted octanol–water partition coefficient (Wildman–Crippen LogP) is 3.48. The molecule has 0 fully saturated rings. The normalized spacial score (nSPS) is 19.2. The Morgan fingerprint density at radius 1 is 1.00 bits per heavy atom. The molecule has 2 N–H and O–H groups in total. The van der Waals surface area contributed by atoms with Crippen LogP contribution >= 0.6 is 0 Å². The first kappa shape index (κ1) is 15.6. The molecule has 1 aromatic carbocycles. The van der Waals surface area contributed by atoms with Gasteiger partial charge in [-0.2, -0.15) is 0 Å². The molecule has 0 saturated heterocycles. The van der Waals surface area contributed by atoms with E-state index in [1.54, 1.807) is 0 Å². The minimum Gasteiger partial charge on any atom is -0.366 e. The zero-order valence-corrected chi connectivity index (χ0v) is 14.0. The number of anilines is 1. The maximum Gasteiger partial charge on any atom is 0.240 e. The molecule has 0 radical (unpaired) electrons. The van der Waals surface area contributed by atoms with E-state index in [2.05, 4.69) is 35.1 Å². The van der Waals surface area contributed by atoms with E-state index >= 15 is 0 Å². The van der Waals surface area contributed by atoms with Crippen molar-refractivity contribution >= 4 is 11.5 Å². The molecular weight excluding hydrogens is 288 g/mol. The summed E-state index contributed by atoms with van der Waals surface area (Å²) in [6.45, 7) is 8.27.